The van der Waals surface area contributed by atoms with E-state index < -0.39 is 0 Å². The van der Waals surface area contributed by atoms with Crippen molar-refractivity contribution >= 4 is 22.6 Å². The van der Waals surface area contributed by atoms with E-state index in [1.54, 1.807) is 31.7 Å². The summed E-state index contributed by atoms with van der Waals surface area (Å²) in [6.07, 6.45) is 7.09. The van der Waals surface area contributed by atoms with Gasteiger partial charge in [0.1, 0.15) is 0 Å². The lowest BCUT2D eigenvalue weighted by molar-refractivity contribution is 0.146. The fraction of sp³-hybridized carbons (Fsp3) is 0.484. The fourth-order valence-corrected chi connectivity index (χ4v) is 3.38. The molecule has 0 aliphatic heterocycles. The van der Waals surface area contributed by atoms with Crippen LogP contribution in [0.1, 0.15) is 54.4 Å². The van der Waals surface area contributed by atoms with E-state index in [9.17, 15) is 0 Å². The molecule has 4 aromatic heterocycles. The monoisotopic (exact) mass is 599 g/mol. The van der Waals surface area contributed by atoms with Crippen molar-refractivity contribution in [1.29, 1.82) is 0 Å². The van der Waals surface area contributed by atoms with Gasteiger partial charge in [0.25, 0.3) is 0 Å². The maximum Gasteiger partial charge on any atom is 0.225 e. The molecule has 0 amide bonds. The molecule has 0 radical (unpaired) electrons. The number of likely N-dealkylation sites (N-methyl/N-ethyl adjacent to an activating group) is 1. The molecular formula is C31H53N9O3. The maximum atomic E-state index is 5.82. The summed E-state index contributed by atoms with van der Waals surface area (Å²) in [5.41, 5.74) is 8.02. The highest BCUT2D eigenvalue weighted by molar-refractivity contribution is 5.89. The Morgan fingerprint density at radius 3 is 2.47 bits per heavy atom. The molecule has 0 unspecified atom stereocenters. The highest BCUT2D eigenvalue weighted by atomic mass is 16.5. The van der Waals surface area contributed by atoms with Crippen molar-refractivity contribution in [3.05, 3.63) is 61.9 Å². The van der Waals surface area contributed by atoms with Gasteiger partial charge >= 0.3 is 0 Å². The highest BCUT2D eigenvalue weighted by Crippen LogP contribution is 2.22. The molecule has 240 valence electrons. The van der Waals surface area contributed by atoms with Gasteiger partial charge in [0.15, 0.2) is 17.1 Å². The third-order valence-corrected chi connectivity index (χ3v) is 5.37. The van der Waals surface area contributed by atoms with Gasteiger partial charge in [-0.05, 0) is 52.1 Å². The van der Waals surface area contributed by atoms with Crippen molar-refractivity contribution in [3.63, 3.8) is 0 Å². The molecule has 0 fully saturated rings. The summed E-state index contributed by atoms with van der Waals surface area (Å²) in [6, 6.07) is 3.56. The average Bonchev–Trinajstić information content (AvgIpc) is 3.81. The Morgan fingerprint density at radius 2 is 1.91 bits per heavy atom. The van der Waals surface area contributed by atoms with E-state index in [4.69, 9.17) is 19.6 Å². The van der Waals surface area contributed by atoms with Gasteiger partial charge in [-0.15, -0.1) is 5.10 Å². The first-order valence-electron chi connectivity index (χ1n) is 14.7. The highest BCUT2D eigenvalue weighted by Gasteiger charge is 2.15. The van der Waals surface area contributed by atoms with Gasteiger partial charge in [-0.3, -0.25) is 5.10 Å². The number of furan rings is 1. The molecule has 4 heterocycles. The van der Waals surface area contributed by atoms with E-state index in [-0.39, 0.29) is 5.95 Å². The molecule has 4 rings (SSSR count). The van der Waals surface area contributed by atoms with Crippen LogP contribution in [0.3, 0.4) is 0 Å². The molecule has 43 heavy (non-hydrogen) atoms. The SMILES string of the molecule is C=C(C)OCCCOC.C=CC(=C)N(CC)CCCNC.CC.CC.Nc1nc2[nH]ncc2c2nc(-c3ccco3)nn12. The third kappa shape index (κ3) is 13.6. The standard InChI is InChI=1S/C10H7N7O.C10H20N2.C7H14O2.2C2H6/c11-10-14-7-5(4-12-15-7)9-13-8(16-17(9)10)6-2-1-3-18-6;1-5-10(3)12(6-2)9-7-8-11-4;1-7(2)9-6-4-5-8-3;2*1-2/h1-4H,(H3,11,12,14,15);5,11H,1,3,6-9H2,2,4H3;1,4-6H2,2-3H3;2*1-2H3. The van der Waals surface area contributed by atoms with Crippen LogP contribution < -0.4 is 11.1 Å². The van der Waals surface area contributed by atoms with Gasteiger partial charge in [0, 0.05) is 38.9 Å². The Kier molecular flexibility index (Phi) is 21.1. The Morgan fingerprint density at radius 1 is 1.19 bits per heavy atom. The Bertz CT molecular complexity index is 1300. The summed E-state index contributed by atoms with van der Waals surface area (Å²) in [6.45, 7) is 27.8. The lowest BCUT2D eigenvalue weighted by atomic mass is 10.3. The smallest absolute Gasteiger partial charge is 0.225 e. The minimum absolute atomic E-state index is 0.243. The number of aromatic nitrogens is 6. The lowest BCUT2D eigenvalue weighted by Gasteiger charge is -2.22. The molecule has 0 aromatic carbocycles. The summed E-state index contributed by atoms with van der Waals surface area (Å²) < 4.78 is 16.6. The second-order valence-electron chi connectivity index (χ2n) is 8.38. The second-order valence-corrected chi connectivity index (χ2v) is 8.38. The number of rotatable bonds is 13. The minimum atomic E-state index is 0.243. The largest absolute Gasteiger partial charge is 0.499 e. The van der Waals surface area contributed by atoms with Crippen molar-refractivity contribution in [2.45, 2.75) is 54.4 Å². The van der Waals surface area contributed by atoms with Gasteiger partial charge in [-0.2, -0.15) is 14.6 Å². The zero-order valence-corrected chi connectivity index (χ0v) is 27.4. The lowest BCUT2D eigenvalue weighted by Crippen LogP contribution is -2.24. The number of hydrogen-bond donors (Lipinski definition) is 3. The first-order chi connectivity index (χ1) is 20.9. The van der Waals surface area contributed by atoms with Crippen molar-refractivity contribution in [2.75, 3.05) is 52.7 Å². The number of anilines is 1. The van der Waals surface area contributed by atoms with Crippen molar-refractivity contribution in [1.82, 2.24) is 40.0 Å². The topological polar surface area (TPSA) is 145 Å². The summed E-state index contributed by atoms with van der Waals surface area (Å²) in [5.74, 6) is 2.05. The number of nitrogens with two attached hydrogens (primary N) is 1. The molecule has 12 heteroatoms. The molecule has 4 N–H and O–H groups in total. The Balaban J connectivity index is 0.000000621. The molecule has 0 atom stereocenters. The van der Waals surface area contributed by atoms with Crippen LogP contribution in [0.5, 0.6) is 0 Å². The van der Waals surface area contributed by atoms with Crippen LogP contribution in [0, 0.1) is 0 Å². The zero-order valence-electron chi connectivity index (χ0n) is 27.4. The van der Waals surface area contributed by atoms with E-state index in [1.165, 1.54) is 4.52 Å². The first-order valence-corrected chi connectivity index (χ1v) is 14.7. The van der Waals surface area contributed by atoms with E-state index >= 15 is 0 Å². The van der Waals surface area contributed by atoms with Gasteiger partial charge in [0.05, 0.1) is 30.2 Å². The molecule has 0 spiro atoms. The predicted octanol–water partition coefficient (Wildman–Crippen LogP) is 6.09. The Labute approximate surface area is 257 Å². The van der Waals surface area contributed by atoms with Gasteiger partial charge in [0.2, 0.25) is 11.8 Å². The van der Waals surface area contributed by atoms with Gasteiger partial charge in [-0.1, -0.05) is 47.4 Å². The number of nitrogens with one attached hydrogen (secondary N) is 2. The predicted molar refractivity (Wildman–Crippen MR) is 178 cm³/mol. The number of hydrogen-bond acceptors (Lipinski definition) is 10. The fourth-order valence-electron chi connectivity index (χ4n) is 3.38. The molecule has 0 aliphatic carbocycles. The van der Waals surface area contributed by atoms with E-state index in [0.29, 0.717) is 29.5 Å². The van der Waals surface area contributed by atoms with Crippen LogP contribution >= 0.6 is 0 Å². The van der Waals surface area contributed by atoms with Gasteiger partial charge < -0.3 is 29.8 Å². The number of methoxy groups -OCH3 is 1. The average molecular weight is 600 g/mol. The number of ether oxygens (including phenoxy) is 2. The van der Waals surface area contributed by atoms with Crippen LogP contribution in [-0.2, 0) is 9.47 Å². The van der Waals surface area contributed by atoms with Gasteiger partial charge in [-0.25, -0.2) is 4.98 Å². The quantitative estimate of drug-likeness (QED) is 0.0938. The third-order valence-electron chi connectivity index (χ3n) is 5.37. The van der Waals surface area contributed by atoms with E-state index in [2.05, 4.69) is 62.1 Å². The number of allylic oxidation sites excluding steroid dienone is 2. The number of fused-ring (bicyclic) bond motifs is 3. The minimum Gasteiger partial charge on any atom is -0.499 e. The molecule has 0 saturated heterocycles. The van der Waals surface area contributed by atoms with Crippen molar-refractivity contribution in [3.8, 4) is 11.6 Å². The zero-order chi connectivity index (χ0) is 32.6. The Hall–Kier alpha value is -4.16. The van der Waals surface area contributed by atoms with E-state index in [1.807, 2.05) is 47.7 Å². The normalized spacial score (nSPS) is 9.67. The second kappa shape index (κ2) is 23.4. The molecular weight excluding hydrogens is 546 g/mol. The number of aromatic amines is 1. The summed E-state index contributed by atoms with van der Waals surface area (Å²) in [5, 5.41) is 14.8. The van der Waals surface area contributed by atoms with Crippen LogP contribution in [0.4, 0.5) is 5.95 Å². The van der Waals surface area contributed by atoms with Crippen LogP contribution in [0.15, 0.2) is 66.3 Å². The van der Waals surface area contributed by atoms with Crippen molar-refractivity contribution in [2.24, 2.45) is 0 Å². The number of nitrogens with zero attached hydrogens (tertiary/aromatic N) is 6. The molecule has 4 aromatic rings. The van der Waals surface area contributed by atoms with Crippen molar-refractivity contribution < 1.29 is 13.9 Å². The number of nitrogen functional groups attached to an aromatic ring is 1. The summed E-state index contributed by atoms with van der Waals surface area (Å²) in [7, 11) is 3.65. The van der Waals surface area contributed by atoms with E-state index in [0.717, 1.165) is 55.9 Å². The maximum absolute atomic E-state index is 5.82. The van der Waals surface area contributed by atoms with Crippen LogP contribution in [-0.4, -0.2) is 81.7 Å². The number of H-pyrrole nitrogens is 1. The molecule has 0 bridgehead atoms. The first kappa shape index (κ1) is 38.8. The van der Waals surface area contributed by atoms with Crippen LogP contribution in [0.25, 0.3) is 28.3 Å². The molecule has 12 nitrogen and oxygen atoms in total. The summed E-state index contributed by atoms with van der Waals surface area (Å²) >= 11 is 0. The molecule has 0 saturated carbocycles. The van der Waals surface area contributed by atoms with Crippen LogP contribution in [0.2, 0.25) is 0 Å². The summed E-state index contributed by atoms with van der Waals surface area (Å²) in [4.78, 5) is 10.8. The molecule has 0 aliphatic rings.